The van der Waals surface area contributed by atoms with Crippen molar-refractivity contribution in [1.29, 1.82) is 0 Å². The van der Waals surface area contributed by atoms with Gasteiger partial charge in [0.25, 0.3) is 0 Å². The van der Waals surface area contributed by atoms with E-state index in [0.29, 0.717) is 12.6 Å². The van der Waals surface area contributed by atoms with Gasteiger partial charge >= 0.3 is 0 Å². The number of hydrogen-bond donors (Lipinski definition) is 1. The van der Waals surface area contributed by atoms with Crippen molar-refractivity contribution in [1.82, 2.24) is 10.2 Å². The second kappa shape index (κ2) is 9.31. The second-order valence-electron chi connectivity index (χ2n) is 8.16. The average Bonchev–Trinajstić information content (AvgIpc) is 2.82. The highest BCUT2D eigenvalue weighted by Crippen LogP contribution is 2.28. The minimum absolute atomic E-state index is 0.0932. The van der Waals surface area contributed by atoms with Crippen molar-refractivity contribution in [2.45, 2.75) is 32.4 Å². The quantitative estimate of drug-likeness (QED) is 0.635. The summed E-state index contributed by atoms with van der Waals surface area (Å²) >= 11 is 0. The zero-order chi connectivity index (χ0) is 20.9. The molecule has 4 heteroatoms. The van der Waals surface area contributed by atoms with Gasteiger partial charge in [0.05, 0.1) is 7.11 Å². The summed E-state index contributed by atoms with van der Waals surface area (Å²) in [5.74, 6) is 1.07. The number of piperidine rings is 1. The lowest BCUT2D eigenvalue weighted by Crippen LogP contribution is -2.41. The maximum Gasteiger partial charge on any atom is 0.223 e. The SMILES string of the molecule is COc1cccc(CNC(=O)C2CCN([C@H](C)c3ccc4ccccc4c3)CC2)c1. The lowest BCUT2D eigenvalue weighted by molar-refractivity contribution is -0.126. The van der Waals surface area contributed by atoms with E-state index in [0.717, 1.165) is 37.2 Å². The Morgan fingerprint density at radius 1 is 1.03 bits per heavy atom. The zero-order valence-electron chi connectivity index (χ0n) is 17.8. The van der Waals surface area contributed by atoms with Crippen molar-refractivity contribution in [3.05, 3.63) is 77.9 Å². The standard InChI is InChI=1S/C26H30N2O2/c1-19(23-11-10-21-7-3-4-8-24(21)17-23)28-14-12-22(13-15-28)26(29)27-18-20-6-5-9-25(16-20)30-2/h3-11,16-17,19,22H,12-15,18H2,1-2H3,(H,27,29)/t19-/m1/s1. The molecule has 0 bridgehead atoms. The fourth-order valence-corrected chi connectivity index (χ4v) is 4.34. The van der Waals surface area contributed by atoms with Crippen molar-refractivity contribution in [3.8, 4) is 5.75 Å². The molecular formula is C26H30N2O2. The summed E-state index contributed by atoms with van der Waals surface area (Å²) in [6, 6.07) is 23.4. The van der Waals surface area contributed by atoms with Crippen LogP contribution in [0.3, 0.4) is 0 Å². The molecule has 3 aromatic rings. The molecular weight excluding hydrogens is 372 g/mol. The van der Waals surface area contributed by atoms with Gasteiger partial charge in [0, 0.05) is 18.5 Å². The molecule has 0 spiro atoms. The largest absolute Gasteiger partial charge is 0.497 e. The molecule has 1 heterocycles. The van der Waals surface area contributed by atoms with Gasteiger partial charge in [0.2, 0.25) is 5.91 Å². The molecule has 1 atom stereocenters. The fraction of sp³-hybridized carbons (Fsp3) is 0.346. The van der Waals surface area contributed by atoms with Crippen LogP contribution in [0.5, 0.6) is 5.75 Å². The summed E-state index contributed by atoms with van der Waals surface area (Å²) in [5.41, 5.74) is 2.40. The molecule has 4 nitrogen and oxygen atoms in total. The van der Waals surface area contributed by atoms with Gasteiger partial charge in [-0.05, 0) is 73.0 Å². The number of benzene rings is 3. The minimum Gasteiger partial charge on any atom is -0.497 e. The van der Waals surface area contributed by atoms with Crippen LogP contribution >= 0.6 is 0 Å². The van der Waals surface area contributed by atoms with E-state index in [1.165, 1.54) is 16.3 Å². The van der Waals surface area contributed by atoms with Gasteiger partial charge in [-0.15, -0.1) is 0 Å². The molecule has 1 saturated heterocycles. The highest BCUT2D eigenvalue weighted by Gasteiger charge is 2.27. The summed E-state index contributed by atoms with van der Waals surface area (Å²) in [6.07, 6.45) is 1.81. The Morgan fingerprint density at radius 2 is 1.80 bits per heavy atom. The molecule has 0 unspecified atom stereocenters. The summed E-state index contributed by atoms with van der Waals surface area (Å²) in [6.45, 7) is 4.72. The van der Waals surface area contributed by atoms with Crippen LogP contribution in [-0.2, 0) is 11.3 Å². The van der Waals surface area contributed by atoms with Gasteiger partial charge in [0.1, 0.15) is 5.75 Å². The van der Waals surface area contributed by atoms with E-state index in [1.54, 1.807) is 7.11 Å². The molecule has 1 amide bonds. The first kappa shape index (κ1) is 20.4. The third kappa shape index (κ3) is 4.65. The van der Waals surface area contributed by atoms with Crippen molar-refractivity contribution in [2.24, 2.45) is 5.92 Å². The highest BCUT2D eigenvalue weighted by atomic mass is 16.5. The Hall–Kier alpha value is -2.85. The number of hydrogen-bond acceptors (Lipinski definition) is 3. The summed E-state index contributed by atoms with van der Waals surface area (Å²) < 4.78 is 5.25. The summed E-state index contributed by atoms with van der Waals surface area (Å²) in [7, 11) is 1.66. The van der Waals surface area contributed by atoms with Gasteiger partial charge in [-0.25, -0.2) is 0 Å². The molecule has 156 valence electrons. The maximum atomic E-state index is 12.7. The predicted octanol–water partition coefficient (Wildman–Crippen LogP) is 4.94. The molecule has 1 aliphatic rings. The molecule has 1 aliphatic heterocycles. The molecule has 1 N–H and O–H groups in total. The highest BCUT2D eigenvalue weighted by molar-refractivity contribution is 5.83. The summed E-state index contributed by atoms with van der Waals surface area (Å²) in [4.78, 5) is 15.2. The van der Waals surface area contributed by atoms with Gasteiger partial charge in [-0.3, -0.25) is 9.69 Å². The Kier molecular flexibility index (Phi) is 6.34. The molecule has 0 aliphatic carbocycles. The number of carbonyl (C=O) groups excluding carboxylic acids is 1. The average molecular weight is 403 g/mol. The Bertz CT molecular complexity index is 1010. The van der Waals surface area contributed by atoms with E-state index in [-0.39, 0.29) is 11.8 Å². The van der Waals surface area contributed by atoms with Gasteiger partial charge < -0.3 is 10.1 Å². The van der Waals surface area contributed by atoms with Crippen molar-refractivity contribution >= 4 is 16.7 Å². The van der Waals surface area contributed by atoms with E-state index in [4.69, 9.17) is 4.74 Å². The third-order valence-electron chi connectivity index (χ3n) is 6.30. The number of nitrogens with one attached hydrogen (secondary N) is 1. The Balaban J connectivity index is 1.30. The first-order valence-electron chi connectivity index (χ1n) is 10.8. The number of carbonyl (C=O) groups is 1. The Labute approximate surface area is 178 Å². The lowest BCUT2D eigenvalue weighted by atomic mass is 9.93. The predicted molar refractivity (Wildman–Crippen MR) is 122 cm³/mol. The van der Waals surface area contributed by atoms with Gasteiger partial charge in [0.15, 0.2) is 0 Å². The van der Waals surface area contributed by atoms with Crippen LogP contribution in [0.2, 0.25) is 0 Å². The Morgan fingerprint density at radius 3 is 2.57 bits per heavy atom. The number of rotatable bonds is 6. The topological polar surface area (TPSA) is 41.6 Å². The summed E-state index contributed by atoms with van der Waals surface area (Å²) in [5, 5.41) is 5.67. The molecule has 4 rings (SSSR count). The normalized spacial score (nSPS) is 16.3. The fourth-order valence-electron chi connectivity index (χ4n) is 4.34. The number of fused-ring (bicyclic) bond motifs is 1. The van der Waals surface area contributed by atoms with E-state index < -0.39 is 0 Å². The molecule has 1 fully saturated rings. The number of amides is 1. The van der Waals surface area contributed by atoms with Crippen LogP contribution < -0.4 is 10.1 Å². The van der Waals surface area contributed by atoms with Crippen LogP contribution in [0.4, 0.5) is 0 Å². The van der Waals surface area contributed by atoms with E-state index in [2.05, 4.69) is 59.6 Å². The maximum absolute atomic E-state index is 12.7. The van der Waals surface area contributed by atoms with Crippen LogP contribution in [0, 0.1) is 5.92 Å². The number of likely N-dealkylation sites (tertiary alicyclic amines) is 1. The first-order chi connectivity index (χ1) is 14.6. The van der Waals surface area contributed by atoms with Crippen molar-refractivity contribution in [2.75, 3.05) is 20.2 Å². The van der Waals surface area contributed by atoms with E-state index in [9.17, 15) is 4.79 Å². The van der Waals surface area contributed by atoms with Crippen molar-refractivity contribution in [3.63, 3.8) is 0 Å². The molecule has 0 aromatic heterocycles. The molecule has 0 saturated carbocycles. The molecule has 0 radical (unpaired) electrons. The third-order valence-corrected chi connectivity index (χ3v) is 6.30. The van der Waals surface area contributed by atoms with Crippen LogP contribution in [0.15, 0.2) is 66.7 Å². The number of methoxy groups -OCH3 is 1. The van der Waals surface area contributed by atoms with Crippen LogP contribution in [-0.4, -0.2) is 31.0 Å². The lowest BCUT2D eigenvalue weighted by Gasteiger charge is -2.35. The van der Waals surface area contributed by atoms with Gasteiger partial charge in [-0.2, -0.15) is 0 Å². The van der Waals surface area contributed by atoms with Crippen LogP contribution in [0.1, 0.15) is 36.9 Å². The first-order valence-corrected chi connectivity index (χ1v) is 10.8. The van der Waals surface area contributed by atoms with Crippen LogP contribution in [0.25, 0.3) is 10.8 Å². The number of ether oxygens (including phenoxy) is 1. The van der Waals surface area contributed by atoms with E-state index >= 15 is 0 Å². The minimum atomic E-state index is 0.0932. The smallest absolute Gasteiger partial charge is 0.223 e. The number of nitrogens with zero attached hydrogens (tertiary/aromatic N) is 1. The molecule has 3 aromatic carbocycles. The second-order valence-corrected chi connectivity index (χ2v) is 8.16. The van der Waals surface area contributed by atoms with Gasteiger partial charge in [-0.1, -0.05) is 48.5 Å². The zero-order valence-corrected chi connectivity index (χ0v) is 17.8. The van der Waals surface area contributed by atoms with Crippen molar-refractivity contribution < 1.29 is 9.53 Å². The molecule has 30 heavy (non-hydrogen) atoms. The van der Waals surface area contributed by atoms with E-state index in [1.807, 2.05) is 24.3 Å². The monoisotopic (exact) mass is 402 g/mol.